The van der Waals surface area contributed by atoms with Gasteiger partial charge in [0, 0.05) is 16.5 Å². The molecule has 0 aliphatic rings. The smallest absolute Gasteiger partial charge is 0.291 e. The molecule has 0 atom stereocenters. The SMILES string of the molecule is O.O.O.O=[N+]([O-])O.[Ni]. The Kier molecular flexibility index (Phi) is 190. The van der Waals surface area contributed by atoms with E-state index in [9.17, 15) is 0 Å². The number of hydrogen-bond acceptors (Lipinski definition) is 2. The topological polar surface area (TPSA) is 158 Å². The van der Waals surface area contributed by atoms with Gasteiger partial charge in [0.1, 0.15) is 0 Å². The Hall–Kier alpha value is -0.426. The maximum Gasteiger partial charge on any atom is 0.291 e. The van der Waals surface area contributed by atoms with Crippen LogP contribution in [0.3, 0.4) is 0 Å². The summed E-state index contributed by atoms with van der Waals surface area (Å²) in [5, 5.41) is 13.6. The minimum atomic E-state index is -1.50. The number of nitrogens with zero attached hydrogens (tertiary/aromatic N) is 1. The van der Waals surface area contributed by atoms with Gasteiger partial charge >= 0.3 is 0 Å². The zero-order chi connectivity index (χ0) is 3.58. The van der Waals surface area contributed by atoms with Crippen molar-refractivity contribution >= 4 is 0 Å². The fraction of sp³-hybridized carbons (Fsp3) is 0. The zero-order valence-electron chi connectivity index (χ0n) is 3.53. The quantitative estimate of drug-likeness (QED) is 0.239. The Morgan fingerprint density at radius 3 is 1.25 bits per heavy atom. The van der Waals surface area contributed by atoms with E-state index in [2.05, 4.69) is 0 Å². The predicted octanol–water partition coefficient (Wildman–Crippen LogP) is -2.82. The third kappa shape index (κ3) is 641. The van der Waals surface area contributed by atoms with Crippen LogP contribution in [-0.2, 0) is 16.5 Å². The summed E-state index contributed by atoms with van der Waals surface area (Å²) < 4.78 is 0. The molecule has 0 aromatic heterocycles. The molecule has 0 saturated heterocycles. The fourth-order valence-electron chi connectivity index (χ4n) is 0. The molecule has 7 nitrogen and oxygen atoms in total. The molecule has 0 fully saturated rings. The predicted molar refractivity (Wildman–Crippen MR) is 19.6 cm³/mol. The molecule has 0 rings (SSSR count). The van der Waals surface area contributed by atoms with Crippen molar-refractivity contribution in [3.05, 3.63) is 10.1 Å². The van der Waals surface area contributed by atoms with Gasteiger partial charge in [0.05, 0.1) is 0 Å². The van der Waals surface area contributed by atoms with Crippen molar-refractivity contribution in [3.63, 3.8) is 0 Å². The summed E-state index contributed by atoms with van der Waals surface area (Å²) in [6.07, 6.45) is 0. The third-order valence-corrected chi connectivity index (χ3v) is 0. The standard InChI is InChI=1S/HNO3.Ni.3H2O/c2-1(3)4;;;;/h(H,2,3,4);;3*1H2. The van der Waals surface area contributed by atoms with E-state index in [4.69, 9.17) is 15.3 Å². The van der Waals surface area contributed by atoms with Crippen LogP contribution in [0, 0.1) is 10.1 Å². The first kappa shape index (κ1) is 49.4. The van der Waals surface area contributed by atoms with E-state index < -0.39 is 5.09 Å². The van der Waals surface area contributed by atoms with Crippen LogP contribution in [0.5, 0.6) is 0 Å². The van der Waals surface area contributed by atoms with Crippen LogP contribution in [0.25, 0.3) is 0 Å². The van der Waals surface area contributed by atoms with Gasteiger partial charge in [-0.2, -0.15) is 0 Å². The van der Waals surface area contributed by atoms with E-state index in [1.165, 1.54) is 0 Å². The Labute approximate surface area is 54.3 Å². The van der Waals surface area contributed by atoms with E-state index >= 15 is 0 Å². The van der Waals surface area contributed by atoms with E-state index in [0.29, 0.717) is 0 Å². The van der Waals surface area contributed by atoms with Gasteiger partial charge in [-0.05, 0) is 0 Å². The van der Waals surface area contributed by atoms with E-state index in [1.54, 1.807) is 0 Å². The molecule has 0 heterocycles. The average molecular weight is 176 g/mol. The summed E-state index contributed by atoms with van der Waals surface area (Å²) in [5.74, 6) is 0. The largest absolute Gasteiger partial charge is 0.412 e. The van der Waals surface area contributed by atoms with Gasteiger partial charge in [-0.15, -0.1) is 10.1 Å². The van der Waals surface area contributed by atoms with Crippen molar-refractivity contribution in [1.29, 1.82) is 0 Å². The summed E-state index contributed by atoms with van der Waals surface area (Å²) in [6.45, 7) is 0. The second-order valence-corrected chi connectivity index (χ2v) is 0.238. The molecule has 0 unspecified atom stereocenters. The van der Waals surface area contributed by atoms with Gasteiger partial charge in [-0.3, -0.25) is 0 Å². The summed E-state index contributed by atoms with van der Waals surface area (Å²) in [5.41, 5.74) is 0. The van der Waals surface area contributed by atoms with Crippen LogP contribution in [-0.4, -0.2) is 26.7 Å². The van der Waals surface area contributed by atoms with Crippen LogP contribution in [0.4, 0.5) is 0 Å². The van der Waals surface area contributed by atoms with Gasteiger partial charge in [0.15, 0.2) is 0 Å². The zero-order valence-corrected chi connectivity index (χ0v) is 4.51. The number of rotatable bonds is 0. The second kappa shape index (κ2) is 30.8. The molecule has 0 aliphatic heterocycles. The molecular weight excluding hydrogens is 169 g/mol. The van der Waals surface area contributed by atoms with Crippen molar-refractivity contribution in [2.45, 2.75) is 0 Å². The molecule has 0 aliphatic carbocycles. The minimum Gasteiger partial charge on any atom is -0.412 e. The maximum atomic E-state index is 8.36. The Morgan fingerprint density at radius 2 is 1.25 bits per heavy atom. The van der Waals surface area contributed by atoms with Crippen LogP contribution >= 0.6 is 0 Å². The van der Waals surface area contributed by atoms with Crippen LogP contribution < -0.4 is 0 Å². The van der Waals surface area contributed by atoms with Crippen molar-refractivity contribution in [3.8, 4) is 0 Å². The normalized spacial score (nSPS) is 3.00. The van der Waals surface area contributed by atoms with Crippen molar-refractivity contribution in [2.75, 3.05) is 0 Å². The van der Waals surface area contributed by atoms with Crippen molar-refractivity contribution in [2.24, 2.45) is 0 Å². The molecule has 0 radical (unpaired) electrons. The first-order valence-electron chi connectivity index (χ1n) is 0.565. The molecule has 0 aromatic rings. The van der Waals surface area contributed by atoms with Crippen molar-refractivity contribution < 1.29 is 43.2 Å². The summed E-state index contributed by atoms with van der Waals surface area (Å²) in [7, 11) is 0. The van der Waals surface area contributed by atoms with E-state index in [-0.39, 0.29) is 32.9 Å². The average Bonchev–Trinajstić information content (AvgIpc) is 0.811. The van der Waals surface area contributed by atoms with Gasteiger partial charge < -0.3 is 21.6 Å². The van der Waals surface area contributed by atoms with Crippen LogP contribution in [0.1, 0.15) is 0 Å². The molecular formula is H7NNiO6. The van der Waals surface area contributed by atoms with Gasteiger partial charge in [0.2, 0.25) is 0 Å². The van der Waals surface area contributed by atoms with E-state index in [0.717, 1.165) is 0 Å². The molecule has 0 bridgehead atoms. The van der Waals surface area contributed by atoms with Gasteiger partial charge in [0.25, 0.3) is 5.09 Å². The van der Waals surface area contributed by atoms with E-state index in [1.807, 2.05) is 0 Å². The summed E-state index contributed by atoms with van der Waals surface area (Å²) in [4.78, 5) is 8.36. The van der Waals surface area contributed by atoms with Crippen LogP contribution in [0.15, 0.2) is 0 Å². The van der Waals surface area contributed by atoms with Gasteiger partial charge in [-0.25, -0.2) is 0 Å². The minimum absolute atomic E-state index is 0. The first-order chi connectivity index (χ1) is 1.73. The maximum absolute atomic E-state index is 8.36. The monoisotopic (exact) mass is 175 g/mol. The third-order valence-electron chi connectivity index (χ3n) is 0. The Morgan fingerprint density at radius 1 is 1.25 bits per heavy atom. The molecule has 8 heavy (non-hydrogen) atoms. The number of hydrogen-bond donors (Lipinski definition) is 1. The Balaban J connectivity index is -0.00000000750. The Bertz CT molecular complexity index is 31.5. The van der Waals surface area contributed by atoms with Crippen LogP contribution in [0.2, 0.25) is 0 Å². The molecule has 7 N–H and O–H groups in total. The molecule has 0 aromatic carbocycles. The summed E-state index contributed by atoms with van der Waals surface area (Å²) >= 11 is 0. The molecule has 0 spiro atoms. The second-order valence-electron chi connectivity index (χ2n) is 0.238. The summed E-state index contributed by atoms with van der Waals surface area (Å²) in [6, 6.07) is 0. The molecule has 58 valence electrons. The molecule has 0 saturated carbocycles. The van der Waals surface area contributed by atoms with Crippen molar-refractivity contribution in [1.82, 2.24) is 0 Å². The first-order valence-corrected chi connectivity index (χ1v) is 0.565. The molecule has 8 heteroatoms. The fourth-order valence-corrected chi connectivity index (χ4v) is 0. The molecule has 0 amide bonds. The van der Waals surface area contributed by atoms with Gasteiger partial charge in [-0.1, -0.05) is 0 Å².